The molecule has 108 valence electrons. The van der Waals surface area contributed by atoms with E-state index in [0.717, 1.165) is 32.5 Å². The van der Waals surface area contributed by atoms with Gasteiger partial charge in [0.2, 0.25) is 0 Å². The Bertz CT molecular complexity index is 324. The van der Waals surface area contributed by atoms with E-state index >= 15 is 0 Å². The minimum absolute atomic E-state index is 0.327. The molecule has 0 aromatic heterocycles. The van der Waals surface area contributed by atoms with Gasteiger partial charge in [-0.25, -0.2) is 0 Å². The van der Waals surface area contributed by atoms with Crippen molar-refractivity contribution in [2.75, 3.05) is 33.4 Å². The number of nitriles is 1. The van der Waals surface area contributed by atoms with Crippen LogP contribution in [0.4, 0.5) is 0 Å². The summed E-state index contributed by atoms with van der Waals surface area (Å²) in [6.45, 7) is 6.39. The predicted molar refractivity (Wildman–Crippen MR) is 75.8 cm³/mol. The molecule has 0 spiro atoms. The van der Waals surface area contributed by atoms with E-state index in [4.69, 9.17) is 4.74 Å². The standard InChI is InChI=1S/C15H27N3O/c1-15(12-16,17-14-4-5-14)7-3-8-18-9-6-13(10-18)11-19-2/h13-14,17H,3-11H2,1-2H3. The molecule has 2 unspecified atom stereocenters. The SMILES string of the molecule is COCC1CCN(CCCC(C)(C#N)NC2CC2)C1. The Morgan fingerprint density at radius 1 is 1.42 bits per heavy atom. The number of ether oxygens (including phenoxy) is 1. The van der Waals surface area contributed by atoms with Crippen LogP contribution in [-0.4, -0.2) is 49.8 Å². The fraction of sp³-hybridized carbons (Fsp3) is 0.933. The van der Waals surface area contributed by atoms with Crippen molar-refractivity contribution in [3.05, 3.63) is 0 Å². The second-order valence-electron chi connectivity index (χ2n) is 6.38. The minimum atomic E-state index is -0.327. The summed E-state index contributed by atoms with van der Waals surface area (Å²) in [5, 5.41) is 12.8. The molecule has 19 heavy (non-hydrogen) atoms. The summed E-state index contributed by atoms with van der Waals surface area (Å²) in [4.78, 5) is 2.51. The highest BCUT2D eigenvalue weighted by Crippen LogP contribution is 2.25. The Hall–Kier alpha value is -0.630. The zero-order chi connectivity index (χ0) is 13.7. The molecule has 0 aromatic carbocycles. The number of hydrogen-bond acceptors (Lipinski definition) is 4. The van der Waals surface area contributed by atoms with Gasteiger partial charge in [0, 0.05) is 19.7 Å². The zero-order valence-electron chi connectivity index (χ0n) is 12.3. The topological polar surface area (TPSA) is 48.3 Å². The summed E-state index contributed by atoms with van der Waals surface area (Å²) in [5.41, 5.74) is -0.327. The molecule has 2 atom stereocenters. The number of likely N-dealkylation sites (tertiary alicyclic amines) is 1. The first-order chi connectivity index (χ1) is 9.15. The van der Waals surface area contributed by atoms with Crippen molar-refractivity contribution >= 4 is 0 Å². The highest BCUT2D eigenvalue weighted by atomic mass is 16.5. The summed E-state index contributed by atoms with van der Waals surface area (Å²) >= 11 is 0. The van der Waals surface area contributed by atoms with E-state index in [1.807, 2.05) is 6.92 Å². The number of nitrogens with one attached hydrogen (secondary N) is 1. The lowest BCUT2D eigenvalue weighted by atomic mass is 9.97. The summed E-state index contributed by atoms with van der Waals surface area (Å²) in [6.07, 6.45) is 5.78. The third kappa shape index (κ3) is 4.76. The van der Waals surface area contributed by atoms with E-state index in [1.165, 1.54) is 25.8 Å². The third-order valence-corrected chi connectivity index (χ3v) is 4.27. The van der Waals surface area contributed by atoms with Crippen molar-refractivity contribution in [3.63, 3.8) is 0 Å². The van der Waals surface area contributed by atoms with Crippen LogP contribution in [0.15, 0.2) is 0 Å². The maximum atomic E-state index is 9.32. The average molecular weight is 265 g/mol. The molecule has 1 saturated carbocycles. The van der Waals surface area contributed by atoms with Crippen LogP contribution >= 0.6 is 0 Å². The van der Waals surface area contributed by atoms with E-state index in [0.29, 0.717) is 12.0 Å². The van der Waals surface area contributed by atoms with Crippen LogP contribution in [0.25, 0.3) is 0 Å². The second kappa shape index (κ2) is 6.69. The molecule has 1 heterocycles. The first kappa shape index (κ1) is 14.8. The molecule has 0 amide bonds. The summed E-state index contributed by atoms with van der Waals surface area (Å²) < 4.78 is 5.22. The van der Waals surface area contributed by atoms with Gasteiger partial charge in [-0.15, -0.1) is 0 Å². The van der Waals surface area contributed by atoms with Gasteiger partial charge in [0.1, 0.15) is 5.54 Å². The molecule has 2 aliphatic rings. The summed E-state index contributed by atoms with van der Waals surface area (Å²) in [7, 11) is 1.78. The summed E-state index contributed by atoms with van der Waals surface area (Å²) in [5.74, 6) is 0.705. The van der Waals surface area contributed by atoms with Crippen molar-refractivity contribution in [2.45, 2.75) is 50.6 Å². The van der Waals surface area contributed by atoms with Gasteiger partial charge < -0.3 is 9.64 Å². The van der Waals surface area contributed by atoms with E-state index in [-0.39, 0.29) is 5.54 Å². The Kier molecular flexibility index (Phi) is 5.20. The molecular formula is C15H27N3O. The molecule has 1 N–H and O–H groups in total. The van der Waals surface area contributed by atoms with Gasteiger partial charge >= 0.3 is 0 Å². The fourth-order valence-electron chi connectivity index (χ4n) is 2.98. The van der Waals surface area contributed by atoms with Crippen LogP contribution in [-0.2, 0) is 4.74 Å². The lowest BCUT2D eigenvalue weighted by molar-refractivity contribution is 0.153. The first-order valence-corrected chi connectivity index (χ1v) is 7.55. The second-order valence-corrected chi connectivity index (χ2v) is 6.38. The van der Waals surface area contributed by atoms with Gasteiger partial charge in [-0.1, -0.05) is 0 Å². The number of nitrogens with zero attached hydrogens (tertiary/aromatic N) is 2. The molecule has 0 aromatic rings. The zero-order valence-corrected chi connectivity index (χ0v) is 12.3. The van der Waals surface area contributed by atoms with Gasteiger partial charge in [0.25, 0.3) is 0 Å². The van der Waals surface area contributed by atoms with Crippen LogP contribution in [0.2, 0.25) is 0 Å². The molecule has 0 bridgehead atoms. The van der Waals surface area contributed by atoms with E-state index < -0.39 is 0 Å². The summed E-state index contributed by atoms with van der Waals surface area (Å²) in [6, 6.07) is 3.05. The molecule has 1 aliphatic heterocycles. The van der Waals surface area contributed by atoms with Crippen LogP contribution in [0.3, 0.4) is 0 Å². The Labute approximate surface area is 117 Å². The lowest BCUT2D eigenvalue weighted by Crippen LogP contribution is -2.42. The molecule has 0 radical (unpaired) electrons. The first-order valence-electron chi connectivity index (χ1n) is 7.55. The molecule has 1 aliphatic carbocycles. The Morgan fingerprint density at radius 3 is 2.84 bits per heavy atom. The van der Waals surface area contributed by atoms with Crippen molar-refractivity contribution in [2.24, 2.45) is 5.92 Å². The lowest BCUT2D eigenvalue weighted by Gasteiger charge is -2.24. The highest BCUT2D eigenvalue weighted by molar-refractivity contribution is 5.07. The average Bonchev–Trinajstić information content (AvgIpc) is 3.08. The largest absolute Gasteiger partial charge is 0.384 e. The molecular weight excluding hydrogens is 238 g/mol. The van der Waals surface area contributed by atoms with Crippen LogP contribution < -0.4 is 5.32 Å². The molecule has 4 nitrogen and oxygen atoms in total. The Morgan fingerprint density at radius 2 is 2.21 bits per heavy atom. The quantitative estimate of drug-likeness (QED) is 0.726. The van der Waals surface area contributed by atoms with Gasteiger partial charge in [0.15, 0.2) is 0 Å². The van der Waals surface area contributed by atoms with Crippen molar-refractivity contribution < 1.29 is 4.74 Å². The van der Waals surface area contributed by atoms with E-state index in [9.17, 15) is 5.26 Å². The number of rotatable bonds is 8. The van der Waals surface area contributed by atoms with Crippen molar-refractivity contribution in [1.82, 2.24) is 10.2 Å². The van der Waals surface area contributed by atoms with Crippen LogP contribution in [0.1, 0.15) is 39.0 Å². The highest BCUT2D eigenvalue weighted by Gasteiger charge is 2.32. The van der Waals surface area contributed by atoms with E-state index in [1.54, 1.807) is 7.11 Å². The Balaban J connectivity index is 1.64. The van der Waals surface area contributed by atoms with Crippen LogP contribution in [0, 0.1) is 17.2 Å². The van der Waals surface area contributed by atoms with Crippen molar-refractivity contribution in [3.8, 4) is 6.07 Å². The van der Waals surface area contributed by atoms with Gasteiger partial charge in [-0.05, 0) is 58.0 Å². The number of methoxy groups -OCH3 is 1. The van der Waals surface area contributed by atoms with Gasteiger partial charge in [0.05, 0.1) is 12.7 Å². The maximum Gasteiger partial charge on any atom is 0.104 e. The number of hydrogen-bond donors (Lipinski definition) is 1. The van der Waals surface area contributed by atoms with Crippen molar-refractivity contribution in [1.29, 1.82) is 5.26 Å². The molecule has 1 saturated heterocycles. The fourth-order valence-corrected chi connectivity index (χ4v) is 2.98. The van der Waals surface area contributed by atoms with Gasteiger partial charge in [-0.2, -0.15) is 5.26 Å². The smallest absolute Gasteiger partial charge is 0.104 e. The van der Waals surface area contributed by atoms with Gasteiger partial charge in [-0.3, -0.25) is 5.32 Å². The third-order valence-electron chi connectivity index (χ3n) is 4.27. The predicted octanol–water partition coefficient (Wildman–Crippen LogP) is 1.77. The molecule has 2 fully saturated rings. The maximum absolute atomic E-state index is 9.32. The molecule has 2 rings (SSSR count). The van der Waals surface area contributed by atoms with E-state index in [2.05, 4.69) is 16.3 Å². The normalized spacial score (nSPS) is 27.1. The minimum Gasteiger partial charge on any atom is -0.384 e. The monoisotopic (exact) mass is 265 g/mol. The molecule has 4 heteroatoms. The van der Waals surface area contributed by atoms with Crippen LogP contribution in [0.5, 0.6) is 0 Å².